The molecule has 2 atom stereocenters. The smallest absolute Gasteiger partial charge is 0.251 e. The maximum Gasteiger partial charge on any atom is 0.251 e. The van der Waals surface area contributed by atoms with Crippen molar-refractivity contribution in [2.24, 2.45) is 5.92 Å². The number of piperidine rings is 1. The monoisotopic (exact) mass is 331 g/mol. The molecule has 1 aliphatic heterocycles. The number of carbonyl (C=O) groups excluding carboxylic acids is 2. The summed E-state index contributed by atoms with van der Waals surface area (Å²) >= 11 is 0. The highest BCUT2D eigenvalue weighted by molar-refractivity contribution is 5.97. The summed E-state index contributed by atoms with van der Waals surface area (Å²) in [7, 11) is 1.78. The second-order valence-corrected chi connectivity index (χ2v) is 7.14. The summed E-state index contributed by atoms with van der Waals surface area (Å²) in [6, 6.07) is 6.13. The SMILES string of the molecule is Cc1c(N[C@H](C)C(C)C)cccc1C(=O)N[C@@H]1CCC(=O)N(C)C1. The highest BCUT2D eigenvalue weighted by atomic mass is 16.2. The first-order chi connectivity index (χ1) is 11.3. The van der Waals surface area contributed by atoms with E-state index in [9.17, 15) is 9.59 Å². The maximum absolute atomic E-state index is 12.7. The lowest BCUT2D eigenvalue weighted by molar-refractivity contribution is -0.132. The Morgan fingerprint density at radius 2 is 2.00 bits per heavy atom. The van der Waals surface area contributed by atoms with Crippen LogP contribution in [0.3, 0.4) is 0 Å². The molecule has 0 aliphatic carbocycles. The number of nitrogens with zero attached hydrogens (tertiary/aromatic N) is 1. The Kier molecular flexibility index (Phi) is 5.86. The summed E-state index contributed by atoms with van der Waals surface area (Å²) in [6.07, 6.45) is 1.20. The van der Waals surface area contributed by atoms with E-state index in [2.05, 4.69) is 31.4 Å². The summed E-state index contributed by atoms with van der Waals surface area (Å²) in [4.78, 5) is 25.9. The van der Waals surface area contributed by atoms with Crippen molar-refractivity contribution in [3.63, 3.8) is 0 Å². The first kappa shape index (κ1) is 18.3. The van der Waals surface area contributed by atoms with Crippen LogP contribution in [0.15, 0.2) is 18.2 Å². The number of nitrogens with one attached hydrogen (secondary N) is 2. The Bertz CT molecular complexity index is 613. The van der Waals surface area contributed by atoms with Crippen LogP contribution in [-0.2, 0) is 4.79 Å². The van der Waals surface area contributed by atoms with Crippen LogP contribution in [0.5, 0.6) is 0 Å². The Morgan fingerprint density at radius 3 is 2.62 bits per heavy atom. The van der Waals surface area contributed by atoms with Gasteiger partial charge in [-0.15, -0.1) is 0 Å². The Hall–Kier alpha value is -2.04. The van der Waals surface area contributed by atoms with E-state index in [-0.39, 0.29) is 17.9 Å². The van der Waals surface area contributed by atoms with Crippen LogP contribution in [0.2, 0.25) is 0 Å². The number of carbonyl (C=O) groups is 2. The van der Waals surface area contributed by atoms with Crippen molar-refractivity contribution >= 4 is 17.5 Å². The number of anilines is 1. The molecule has 0 radical (unpaired) electrons. The van der Waals surface area contributed by atoms with Gasteiger partial charge in [0.25, 0.3) is 5.91 Å². The predicted molar refractivity (Wildman–Crippen MR) is 97.2 cm³/mol. The fourth-order valence-electron chi connectivity index (χ4n) is 2.84. The molecule has 1 saturated heterocycles. The van der Waals surface area contributed by atoms with Crippen molar-refractivity contribution in [2.75, 3.05) is 18.9 Å². The van der Waals surface area contributed by atoms with Gasteiger partial charge in [-0.3, -0.25) is 9.59 Å². The summed E-state index contributed by atoms with van der Waals surface area (Å²) < 4.78 is 0. The van der Waals surface area contributed by atoms with E-state index in [1.54, 1.807) is 11.9 Å². The molecular weight excluding hydrogens is 302 g/mol. The molecule has 0 unspecified atom stereocenters. The zero-order chi connectivity index (χ0) is 17.9. The van der Waals surface area contributed by atoms with Crippen LogP contribution in [0.4, 0.5) is 5.69 Å². The molecule has 5 nitrogen and oxygen atoms in total. The number of benzene rings is 1. The van der Waals surface area contributed by atoms with Crippen molar-refractivity contribution in [1.29, 1.82) is 0 Å². The predicted octanol–water partition coefficient (Wildman–Crippen LogP) is 2.80. The van der Waals surface area contributed by atoms with E-state index in [1.165, 1.54) is 0 Å². The second-order valence-electron chi connectivity index (χ2n) is 7.14. The van der Waals surface area contributed by atoms with E-state index >= 15 is 0 Å². The molecule has 24 heavy (non-hydrogen) atoms. The molecule has 132 valence electrons. The lowest BCUT2D eigenvalue weighted by Gasteiger charge is -2.30. The van der Waals surface area contributed by atoms with Crippen molar-refractivity contribution in [1.82, 2.24) is 10.2 Å². The summed E-state index contributed by atoms with van der Waals surface area (Å²) in [6.45, 7) is 9.04. The van der Waals surface area contributed by atoms with Gasteiger partial charge in [-0.25, -0.2) is 0 Å². The summed E-state index contributed by atoms with van der Waals surface area (Å²) in [5.74, 6) is 0.587. The van der Waals surface area contributed by atoms with Gasteiger partial charge < -0.3 is 15.5 Å². The van der Waals surface area contributed by atoms with Crippen LogP contribution in [0.1, 0.15) is 49.5 Å². The fourth-order valence-corrected chi connectivity index (χ4v) is 2.84. The number of hydrogen-bond donors (Lipinski definition) is 2. The largest absolute Gasteiger partial charge is 0.382 e. The lowest BCUT2D eigenvalue weighted by atomic mass is 10.0. The third-order valence-electron chi connectivity index (χ3n) is 4.92. The molecule has 0 saturated carbocycles. The number of likely N-dealkylation sites (tertiary alicyclic amines) is 1. The molecule has 2 rings (SSSR count). The number of rotatable bonds is 5. The van der Waals surface area contributed by atoms with Gasteiger partial charge in [0.15, 0.2) is 0 Å². The van der Waals surface area contributed by atoms with Crippen molar-refractivity contribution in [2.45, 2.75) is 52.6 Å². The molecule has 1 aromatic carbocycles. The average Bonchev–Trinajstić information content (AvgIpc) is 2.52. The van der Waals surface area contributed by atoms with Crippen LogP contribution < -0.4 is 10.6 Å². The molecule has 0 bridgehead atoms. The molecule has 1 aromatic rings. The minimum Gasteiger partial charge on any atom is -0.382 e. The Morgan fingerprint density at radius 1 is 1.29 bits per heavy atom. The molecule has 1 fully saturated rings. The first-order valence-electron chi connectivity index (χ1n) is 8.70. The fraction of sp³-hybridized carbons (Fsp3) is 0.579. The van der Waals surface area contributed by atoms with Crippen molar-refractivity contribution < 1.29 is 9.59 Å². The molecular formula is C19H29N3O2. The van der Waals surface area contributed by atoms with Crippen molar-refractivity contribution in [3.8, 4) is 0 Å². The maximum atomic E-state index is 12.7. The van der Waals surface area contributed by atoms with Gasteiger partial charge >= 0.3 is 0 Å². The van der Waals surface area contributed by atoms with Gasteiger partial charge in [-0.05, 0) is 43.9 Å². The Labute approximate surface area is 144 Å². The topological polar surface area (TPSA) is 61.4 Å². The molecule has 2 N–H and O–H groups in total. The molecule has 2 amide bonds. The average molecular weight is 331 g/mol. The Balaban J connectivity index is 2.08. The molecule has 0 spiro atoms. The molecule has 1 heterocycles. The second kappa shape index (κ2) is 7.69. The van der Waals surface area contributed by atoms with Gasteiger partial charge in [0.05, 0.1) is 0 Å². The standard InChI is InChI=1S/C19H29N3O2/c1-12(2)14(4)20-17-8-6-7-16(13(17)3)19(24)21-15-9-10-18(23)22(5)11-15/h6-8,12,14-15,20H,9-11H2,1-5H3,(H,21,24)/t14-,15-/m1/s1. The molecule has 0 aromatic heterocycles. The number of amides is 2. The third kappa shape index (κ3) is 4.28. The van der Waals surface area contributed by atoms with Gasteiger partial charge in [0.2, 0.25) is 5.91 Å². The van der Waals surface area contributed by atoms with Gasteiger partial charge in [-0.2, -0.15) is 0 Å². The van der Waals surface area contributed by atoms with Gasteiger partial charge in [0, 0.05) is 43.3 Å². The first-order valence-corrected chi connectivity index (χ1v) is 8.70. The van der Waals surface area contributed by atoms with Crippen molar-refractivity contribution in [3.05, 3.63) is 29.3 Å². The van der Waals surface area contributed by atoms with Crippen LogP contribution in [0, 0.1) is 12.8 Å². The van der Waals surface area contributed by atoms with E-state index in [4.69, 9.17) is 0 Å². The number of hydrogen-bond acceptors (Lipinski definition) is 3. The van der Waals surface area contributed by atoms with Crippen LogP contribution in [0.25, 0.3) is 0 Å². The zero-order valence-electron chi connectivity index (χ0n) is 15.3. The van der Waals surface area contributed by atoms with Crippen LogP contribution >= 0.6 is 0 Å². The van der Waals surface area contributed by atoms with E-state index < -0.39 is 0 Å². The summed E-state index contributed by atoms with van der Waals surface area (Å²) in [5.41, 5.74) is 2.65. The normalized spacial score (nSPS) is 19.3. The summed E-state index contributed by atoms with van der Waals surface area (Å²) in [5, 5.41) is 6.56. The van der Waals surface area contributed by atoms with Gasteiger partial charge in [0.1, 0.15) is 0 Å². The van der Waals surface area contributed by atoms with E-state index in [0.717, 1.165) is 11.3 Å². The third-order valence-corrected chi connectivity index (χ3v) is 4.92. The molecule has 5 heteroatoms. The lowest BCUT2D eigenvalue weighted by Crippen LogP contribution is -2.48. The highest BCUT2D eigenvalue weighted by Crippen LogP contribution is 2.22. The molecule has 1 aliphatic rings. The number of likely N-dealkylation sites (N-methyl/N-ethyl adjacent to an activating group) is 1. The van der Waals surface area contributed by atoms with E-state index in [1.807, 2.05) is 25.1 Å². The highest BCUT2D eigenvalue weighted by Gasteiger charge is 2.25. The van der Waals surface area contributed by atoms with E-state index in [0.29, 0.717) is 36.9 Å². The minimum atomic E-state index is -0.0684. The quantitative estimate of drug-likeness (QED) is 0.872. The minimum absolute atomic E-state index is 0.0193. The van der Waals surface area contributed by atoms with Gasteiger partial charge in [-0.1, -0.05) is 19.9 Å². The zero-order valence-corrected chi connectivity index (χ0v) is 15.3. The van der Waals surface area contributed by atoms with Crippen LogP contribution in [-0.4, -0.2) is 42.4 Å².